The number of hydroxylamine groups is 2. The quantitative estimate of drug-likeness (QED) is 0.299. The Hall–Kier alpha value is -1.18. The second-order valence-corrected chi connectivity index (χ2v) is 1.30. The van der Waals surface area contributed by atoms with Crippen molar-refractivity contribution in [3.8, 4) is 0 Å². The fourth-order valence-corrected chi connectivity index (χ4v) is 0. The Morgan fingerprint density at radius 1 is 1.18 bits per heavy atom. The normalized spacial score (nSPS) is 8.36. The van der Waals surface area contributed by atoms with E-state index in [1.54, 1.807) is 6.92 Å². The molecular weight excluding hydrogens is 158 g/mol. The van der Waals surface area contributed by atoms with Gasteiger partial charge < -0.3 is 10.2 Å². The second-order valence-electron chi connectivity index (χ2n) is 1.30. The van der Waals surface area contributed by atoms with Gasteiger partial charge in [-0.3, -0.25) is 10.4 Å². The highest BCUT2D eigenvalue weighted by molar-refractivity contribution is 6.27. The van der Waals surface area contributed by atoms with E-state index in [2.05, 4.69) is 0 Å². The molecule has 7 heteroatoms. The monoisotopic (exact) mass is 167 g/mol. The Bertz CT molecular complexity index is 121. The molecule has 11 heavy (non-hydrogen) atoms. The summed E-state index contributed by atoms with van der Waals surface area (Å²) in [5.74, 6) is -3.65. The van der Waals surface area contributed by atoms with Crippen molar-refractivity contribution in [2.75, 3.05) is 6.54 Å². The van der Waals surface area contributed by atoms with Crippen LogP contribution in [0.25, 0.3) is 0 Å². The SMILES string of the molecule is CCN(O)O.O=C(O)C(=O)O. The lowest BCUT2D eigenvalue weighted by molar-refractivity contribution is -0.303. The predicted octanol–water partition coefficient (Wildman–Crippen LogP) is -0.758. The number of aliphatic carboxylic acids is 2. The minimum Gasteiger partial charge on any atom is -0.473 e. The lowest BCUT2D eigenvalue weighted by Gasteiger charge is -1.95. The molecule has 0 aliphatic carbocycles. The Balaban J connectivity index is 0. The van der Waals surface area contributed by atoms with Crippen molar-refractivity contribution in [3.05, 3.63) is 0 Å². The van der Waals surface area contributed by atoms with E-state index >= 15 is 0 Å². The molecule has 0 heterocycles. The van der Waals surface area contributed by atoms with Crippen molar-refractivity contribution in [3.63, 3.8) is 0 Å². The van der Waals surface area contributed by atoms with Gasteiger partial charge in [-0.15, -0.1) is 0 Å². The van der Waals surface area contributed by atoms with Gasteiger partial charge in [0.2, 0.25) is 0 Å². The van der Waals surface area contributed by atoms with Crippen LogP contribution in [0.1, 0.15) is 6.92 Å². The van der Waals surface area contributed by atoms with Crippen molar-refractivity contribution >= 4 is 11.9 Å². The van der Waals surface area contributed by atoms with Crippen LogP contribution >= 0.6 is 0 Å². The van der Waals surface area contributed by atoms with Gasteiger partial charge in [0.15, 0.2) is 0 Å². The van der Waals surface area contributed by atoms with E-state index in [1.807, 2.05) is 0 Å². The van der Waals surface area contributed by atoms with E-state index in [0.717, 1.165) is 0 Å². The second kappa shape index (κ2) is 6.93. The number of carboxylic acid groups (broad SMARTS) is 2. The number of nitrogens with zero attached hydrogens (tertiary/aromatic N) is 1. The van der Waals surface area contributed by atoms with Crippen molar-refractivity contribution in [1.29, 1.82) is 0 Å². The summed E-state index contributed by atoms with van der Waals surface area (Å²) in [6.45, 7) is 1.88. The lowest BCUT2D eigenvalue weighted by atomic mass is 10.7. The number of hydrogen-bond donors (Lipinski definition) is 4. The molecule has 0 bridgehead atoms. The summed E-state index contributed by atoms with van der Waals surface area (Å²) in [4.78, 5) is 18.2. The summed E-state index contributed by atoms with van der Waals surface area (Å²) >= 11 is 0. The van der Waals surface area contributed by atoms with Crippen LogP contribution in [-0.4, -0.2) is 44.3 Å². The molecule has 0 atom stereocenters. The van der Waals surface area contributed by atoms with Gasteiger partial charge in [0.25, 0.3) is 0 Å². The first-order valence-electron chi connectivity index (χ1n) is 2.53. The Morgan fingerprint density at radius 2 is 1.36 bits per heavy atom. The maximum Gasteiger partial charge on any atom is 0.414 e. The number of hydrogen-bond acceptors (Lipinski definition) is 5. The van der Waals surface area contributed by atoms with E-state index < -0.39 is 11.9 Å². The number of carbonyl (C=O) groups is 2. The fraction of sp³-hybridized carbons (Fsp3) is 0.500. The van der Waals surface area contributed by atoms with Gasteiger partial charge in [-0.25, -0.2) is 9.59 Å². The molecule has 0 fully saturated rings. The highest BCUT2D eigenvalue weighted by Gasteiger charge is 2.04. The molecule has 0 rings (SSSR count). The molecule has 0 radical (unpaired) electrons. The summed E-state index contributed by atoms with van der Waals surface area (Å²) in [6, 6.07) is 0. The predicted molar refractivity (Wildman–Crippen MR) is 31.2 cm³/mol. The minimum absolute atomic E-state index is 0.125. The standard InChI is InChI=1S/C2H7NO2.C2H2O4/c1-2-3(4)5;3-1(4)2(5)6/h4-5H,2H2,1H3;(H,3,4)(H,5,6). The molecular formula is C4H9NO6. The Labute approximate surface area is 62.0 Å². The van der Waals surface area contributed by atoms with E-state index in [1.165, 1.54) is 0 Å². The molecule has 66 valence electrons. The smallest absolute Gasteiger partial charge is 0.414 e. The zero-order chi connectivity index (χ0) is 9.44. The zero-order valence-corrected chi connectivity index (χ0v) is 5.76. The fourth-order valence-electron chi connectivity index (χ4n) is 0. The first kappa shape index (κ1) is 12.5. The molecule has 0 amide bonds. The largest absolute Gasteiger partial charge is 0.473 e. The van der Waals surface area contributed by atoms with Crippen LogP contribution in [-0.2, 0) is 9.59 Å². The van der Waals surface area contributed by atoms with Crippen LogP contribution in [0.3, 0.4) is 0 Å². The van der Waals surface area contributed by atoms with Gasteiger partial charge in [-0.1, -0.05) is 5.23 Å². The minimum atomic E-state index is -1.82. The van der Waals surface area contributed by atoms with Crippen LogP contribution in [0, 0.1) is 0 Å². The van der Waals surface area contributed by atoms with Crippen molar-refractivity contribution in [1.82, 2.24) is 5.23 Å². The van der Waals surface area contributed by atoms with Crippen LogP contribution in [0.15, 0.2) is 0 Å². The third-order valence-corrected chi connectivity index (χ3v) is 0.466. The Morgan fingerprint density at radius 3 is 1.36 bits per heavy atom. The van der Waals surface area contributed by atoms with Crippen molar-refractivity contribution < 1.29 is 30.2 Å². The number of rotatable bonds is 1. The molecule has 4 N–H and O–H groups in total. The molecule has 0 saturated heterocycles. The van der Waals surface area contributed by atoms with Gasteiger partial charge in [-0.2, -0.15) is 0 Å². The molecule has 0 aromatic heterocycles. The highest BCUT2D eigenvalue weighted by atomic mass is 16.8. The first-order chi connectivity index (χ1) is 4.91. The summed E-state index contributed by atoms with van der Waals surface area (Å²) in [6.07, 6.45) is 0. The third-order valence-electron chi connectivity index (χ3n) is 0.466. The molecule has 0 aromatic carbocycles. The summed E-state index contributed by atoms with van der Waals surface area (Å²) < 4.78 is 0. The summed E-state index contributed by atoms with van der Waals surface area (Å²) in [5, 5.41) is 30.4. The van der Waals surface area contributed by atoms with Crippen LogP contribution in [0.2, 0.25) is 0 Å². The van der Waals surface area contributed by atoms with Gasteiger partial charge in [-0.05, 0) is 6.92 Å². The van der Waals surface area contributed by atoms with Gasteiger partial charge in [0, 0.05) is 6.54 Å². The topological polar surface area (TPSA) is 118 Å². The van der Waals surface area contributed by atoms with Crippen molar-refractivity contribution in [2.24, 2.45) is 0 Å². The maximum absolute atomic E-state index is 9.10. The molecule has 0 unspecified atom stereocenters. The molecule has 0 aliphatic heterocycles. The molecule has 0 aromatic rings. The average molecular weight is 167 g/mol. The van der Waals surface area contributed by atoms with E-state index in [0.29, 0.717) is 0 Å². The lowest BCUT2D eigenvalue weighted by Crippen LogP contribution is -2.10. The molecule has 0 saturated carbocycles. The van der Waals surface area contributed by atoms with E-state index in [9.17, 15) is 0 Å². The molecule has 0 aliphatic rings. The maximum atomic E-state index is 9.10. The summed E-state index contributed by atoms with van der Waals surface area (Å²) in [7, 11) is 0. The van der Waals surface area contributed by atoms with Crippen molar-refractivity contribution in [2.45, 2.75) is 6.92 Å². The molecule has 0 spiro atoms. The zero-order valence-electron chi connectivity index (χ0n) is 5.76. The third kappa shape index (κ3) is 17.7. The van der Waals surface area contributed by atoms with E-state index in [4.69, 9.17) is 30.2 Å². The van der Waals surface area contributed by atoms with E-state index in [-0.39, 0.29) is 11.8 Å². The number of carboxylic acids is 2. The molecule has 7 nitrogen and oxygen atoms in total. The van der Waals surface area contributed by atoms with Crippen LogP contribution < -0.4 is 0 Å². The van der Waals surface area contributed by atoms with Gasteiger partial charge in [0.1, 0.15) is 0 Å². The average Bonchev–Trinajstić information content (AvgIpc) is 1.89. The summed E-state index contributed by atoms with van der Waals surface area (Å²) in [5.41, 5.74) is 0. The van der Waals surface area contributed by atoms with Crippen LogP contribution in [0.4, 0.5) is 0 Å². The van der Waals surface area contributed by atoms with Crippen LogP contribution in [0.5, 0.6) is 0 Å². The highest BCUT2D eigenvalue weighted by Crippen LogP contribution is 1.62. The first-order valence-corrected chi connectivity index (χ1v) is 2.53. The Kier molecular flexibility index (Phi) is 7.87. The van der Waals surface area contributed by atoms with Gasteiger partial charge >= 0.3 is 11.9 Å². The van der Waals surface area contributed by atoms with Gasteiger partial charge in [0.05, 0.1) is 0 Å².